The topological polar surface area (TPSA) is 56.0 Å². The minimum atomic E-state index is 0.0163. The Bertz CT molecular complexity index is 792. The van der Waals surface area contributed by atoms with E-state index in [2.05, 4.69) is 4.98 Å². The third-order valence-electron chi connectivity index (χ3n) is 3.20. The number of hydrogen-bond donors (Lipinski definition) is 1. The summed E-state index contributed by atoms with van der Waals surface area (Å²) < 4.78 is 0. The number of thiazole rings is 1. The molecule has 4 heteroatoms. The molecule has 1 heterocycles. The van der Waals surface area contributed by atoms with Gasteiger partial charge < -0.3 is 5.73 Å². The zero-order chi connectivity index (χ0) is 14.1. The van der Waals surface area contributed by atoms with Gasteiger partial charge in [0.1, 0.15) is 5.01 Å². The number of nitrogens with two attached hydrogens (primary N) is 1. The molecule has 0 aliphatic heterocycles. The number of fused-ring (bicyclic) bond motifs is 1. The standard InChI is InChI=1S/C16H14N2OS/c1-10-9-20-16(18-10)8-15(19)13-6-11-4-2-3-5-12(11)7-14(13)17/h2-7,9H,8,17H2,1H3. The number of Topliss-reactive ketones (excluding diaryl/α,β-unsaturated/α-hetero) is 1. The van der Waals surface area contributed by atoms with Crippen molar-refractivity contribution in [2.75, 3.05) is 5.73 Å². The number of hydrogen-bond acceptors (Lipinski definition) is 4. The van der Waals surface area contributed by atoms with Crippen molar-refractivity contribution in [3.8, 4) is 0 Å². The van der Waals surface area contributed by atoms with Gasteiger partial charge in [-0.15, -0.1) is 11.3 Å². The minimum Gasteiger partial charge on any atom is -0.398 e. The maximum atomic E-state index is 12.4. The van der Waals surface area contributed by atoms with Crippen LogP contribution in [-0.2, 0) is 6.42 Å². The molecule has 0 aliphatic rings. The van der Waals surface area contributed by atoms with Crippen molar-refractivity contribution in [2.24, 2.45) is 0 Å². The summed E-state index contributed by atoms with van der Waals surface area (Å²) in [7, 11) is 0. The van der Waals surface area contributed by atoms with Crippen molar-refractivity contribution < 1.29 is 4.79 Å². The lowest BCUT2D eigenvalue weighted by molar-refractivity contribution is 0.0994. The quantitative estimate of drug-likeness (QED) is 0.589. The van der Waals surface area contributed by atoms with Crippen molar-refractivity contribution in [3.05, 3.63) is 58.0 Å². The van der Waals surface area contributed by atoms with Crippen molar-refractivity contribution >= 4 is 33.6 Å². The summed E-state index contributed by atoms with van der Waals surface area (Å²) in [5.74, 6) is 0.0163. The smallest absolute Gasteiger partial charge is 0.171 e. The second-order valence-electron chi connectivity index (χ2n) is 4.77. The molecule has 0 fully saturated rings. The van der Waals surface area contributed by atoms with Gasteiger partial charge in [0.15, 0.2) is 5.78 Å². The van der Waals surface area contributed by atoms with Gasteiger partial charge in [-0.1, -0.05) is 24.3 Å². The first-order valence-corrected chi connectivity index (χ1v) is 7.24. The Hall–Kier alpha value is -2.20. The van der Waals surface area contributed by atoms with E-state index in [-0.39, 0.29) is 5.78 Å². The molecule has 100 valence electrons. The molecular formula is C16H14N2OS. The first-order chi connectivity index (χ1) is 9.63. The fourth-order valence-electron chi connectivity index (χ4n) is 2.22. The summed E-state index contributed by atoms with van der Waals surface area (Å²) in [6.07, 6.45) is 0.307. The van der Waals surface area contributed by atoms with Gasteiger partial charge in [0, 0.05) is 22.3 Å². The van der Waals surface area contributed by atoms with Crippen molar-refractivity contribution in [1.29, 1.82) is 0 Å². The van der Waals surface area contributed by atoms with Crippen LogP contribution < -0.4 is 5.73 Å². The number of aromatic nitrogens is 1. The number of nitrogens with zero attached hydrogens (tertiary/aromatic N) is 1. The second kappa shape index (κ2) is 5.06. The van der Waals surface area contributed by atoms with E-state index in [4.69, 9.17) is 5.73 Å². The van der Waals surface area contributed by atoms with E-state index in [0.29, 0.717) is 17.7 Å². The van der Waals surface area contributed by atoms with Crippen LogP contribution in [0.4, 0.5) is 5.69 Å². The van der Waals surface area contributed by atoms with Crippen LogP contribution >= 0.6 is 11.3 Å². The van der Waals surface area contributed by atoms with Gasteiger partial charge in [0.25, 0.3) is 0 Å². The maximum absolute atomic E-state index is 12.4. The summed E-state index contributed by atoms with van der Waals surface area (Å²) >= 11 is 1.51. The SMILES string of the molecule is Cc1csc(CC(=O)c2cc3ccccc3cc2N)n1. The average Bonchev–Trinajstić information content (AvgIpc) is 2.83. The van der Waals surface area contributed by atoms with E-state index in [1.165, 1.54) is 11.3 Å². The highest BCUT2D eigenvalue weighted by Gasteiger charge is 2.13. The van der Waals surface area contributed by atoms with Crippen LogP contribution in [-0.4, -0.2) is 10.8 Å². The molecule has 0 aliphatic carbocycles. The molecule has 20 heavy (non-hydrogen) atoms. The average molecular weight is 282 g/mol. The number of carbonyl (C=O) groups excluding carboxylic acids is 1. The molecular weight excluding hydrogens is 268 g/mol. The molecule has 3 nitrogen and oxygen atoms in total. The third kappa shape index (κ3) is 2.42. The molecule has 0 saturated heterocycles. The van der Waals surface area contributed by atoms with Gasteiger partial charge in [0.2, 0.25) is 0 Å². The summed E-state index contributed by atoms with van der Waals surface area (Å²) in [4.78, 5) is 16.7. The van der Waals surface area contributed by atoms with Crippen molar-refractivity contribution in [3.63, 3.8) is 0 Å². The predicted octanol–water partition coefficient (Wildman–Crippen LogP) is 3.61. The molecule has 2 N–H and O–H groups in total. The third-order valence-corrected chi connectivity index (χ3v) is 4.16. The lowest BCUT2D eigenvalue weighted by Gasteiger charge is -2.06. The van der Waals surface area contributed by atoms with Crippen molar-refractivity contribution in [1.82, 2.24) is 4.98 Å². The van der Waals surface area contributed by atoms with E-state index in [1.807, 2.05) is 48.7 Å². The van der Waals surface area contributed by atoms with Crippen LogP contribution in [0.1, 0.15) is 21.1 Å². The predicted molar refractivity (Wildman–Crippen MR) is 83.2 cm³/mol. The Morgan fingerprint density at radius 3 is 2.60 bits per heavy atom. The molecule has 0 atom stereocenters. The normalized spacial score (nSPS) is 10.8. The number of carbonyl (C=O) groups is 1. The summed E-state index contributed by atoms with van der Waals surface area (Å²) in [5, 5.41) is 4.86. The first kappa shape index (κ1) is 12.8. The highest BCUT2D eigenvalue weighted by Crippen LogP contribution is 2.23. The number of anilines is 1. The second-order valence-corrected chi connectivity index (χ2v) is 5.71. The van der Waals surface area contributed by atoms with Gasteiger partial charge in [-0.25, -0.2) is 4.98 Å². The van der Waals surface area contributed by atoms with Crippen LogP contribution in [0.5, 0.6) is 0 Å². The maximum Gasteiger partial charge on any atom is 0.171 e. The van der Waals surface area contributed by atoms with Crippen LogP contribution in [0.15, 0.2) is 41.8 Å². The van der Waals surface area contributed by atoms with Gasteiger partial charge in [-0.2, -0.15) is 0 Å². The molecule has 0 amide bonds. The van der Waals surface area contributed by atoms with E-state index in [1.54, 1.807) is 0 Å². The number of nitrogen functional groups attached to an aromatic ring is 1. The van der Waals surface area contributed by atoms with Gasteiger partial charge in [0.05, 0.1) is 6.42 Å². The number of ketones is 1. The fraction of sp³-hybridized carbons (Fsp3) is 0.125. The Labute approximate surface area is 121 Å². The summed E-state index contributed by atoms with van der Waals surface area (Å²) in [5.41, 5.74) is 8.07. The zero-order valence-corrected chi connectivity index (χ0v) is 11.9. The molecule has 0 unspecified atom stereocenters. The Morgan fingerprint density at radius 2 is 1.95 bits per heavy atom. The Balaban J connectivity index is 1.96. The highest BCUT2D eigenvalue weighted by molar-refractivity contribution is 7.09. The Kier molecular flexibility index (Phi) is 3.24. The molecule has 0 spiro atoms. The van der Waals surface area contributed by atoms with E-state index in [0.717, 1.165) is 21.5 Å². The van der Waals surface area contributed by atoms with E-state index >= 15 is 0 Å². The van der Waals surface area contributed by atoms with Crippen molar-refractivity contribution in [2.45, 2.75) is 13.3 Å². The minimum absolute atomic E-state index is 0.0163. The number of aryl methyl sites for hydroxylation is 1. The lowest BCUT2D eigenvalue weighted by atomic mass is 10.0. The first-order valence-electron chi connectivity index (χ1n) is 6.36. The number of benzene rings is 2. The molecule has 0 radical (unpaired) electrons. The molecule has 3 aromatic rings. The zero-order valence-electron chi connectivity index (χ0n) is 11.1. The van der Waals surface area contributed by atoms with Crippen LogP contribution in [0, 0.1) is 6.92 Å². The monoisotopic (exact) mass is 282 g/mol. The Morgan fingerprint density at radius 1 is 1.25 bits per heavy atom. The largest absolute Gasteiger partial charge is 0.398 e. The van der Waals surface area contributed by atoms with Crippen LogP contribution in [0.2, 0.25) is 0 Å². The number of rotatable bonds is 3. The van der Waals surface area contributed by atoms with E-state index < -0.39 is 0 Å². The molecule has 2 aromatic carbocycles. The fourth-order valence-corrected chi connectivity index (χ4v) is 2.99. The molecule has 1 aromatic heterocycles. The molecule has 0 bridgehead atoms. The summed E-state index contributed by atoms with van der Waals surface area (Å²) in [6.45, 7) is 1.93. The van der Waals surface area contributed by atoms with E-state index in [9.17, 15) is 4.79 Å². The van der Waals surface area contributed by atoms with Crippen LogP contribution in [0.25, 0.3) is 10.8 Å². The van der Waals surface area contributed by atoms with Gasteiger partial charge in [-0.3, -0.25) is 4.79 Å². The van der Waals surface area contributed by atoms with Gasteiger partial charge in [-0.05, 0) is 29.8 Å². The molecule has 3 rings (SSSR count). The summed E-state index contributed by atoms with van der Waals surface area (Å²) in [6, 6.07) is 11.6. The molecule has 0 saturated carbocycles. The van der Waals surface area contributed by atoms with Gasteiger partial charge >= 0.3 is 0 Å². The lowest BCUT2D eigenvalue weighted by Crippen LogP contribution is -2.07. The van der Waals surface area contributed by atoms with Crippen LogP contribution in [0.3, 0.4) is 0 Å². The highest BCUT2D eigenvalue weighted by atomic mass is 32.1.